The predicted octanol–water partition coefficient (Wildman–Crippen LogP) is 4.01. The van der Waals surface area contributed by atoms with Crippen molar-refractivity contribution in [3.63, 3.8) is 0 Å². The van der Waals surface area contributed by atoms with Gasteiger partial charge in [-0.1, -0.05) is 37.3 Å². The van der Waals surface area contributed by atoms with Crippen LogP contribution in [0.5, 0.6) is 5.75 Å². The maximum atomic E-state index is 12.2. The lowest BCUT2D eigenvalue weighted by atomic mass is 9.96. The quantitative estimate of drug-likeness (QED) is 0.838. The third-order valence-electron chi connectivity index (χ3n) is 3.70. The Morgan fingerprint density at radius 3 is 2.32 bits per heavy atom. The number of nitrogens with one attached hydrogen (secondary N) is 1. The molecule has 116 valence electrons. The fraction of sp³-hybridized carbons (Fsp3) is 0.316. The van der Waals surface area contributed by atoms with Crippen LogP contribution in [0.25, 0.3) is 0 Å². The van der Waals surface area contributed by atoms with Crippen molar-refractivity contribution in [2.75, 3.05) is 13.2 Å². The van der Waals surface area contributed by atoms with Crippen LogP contribution in [0.1, 0.15) is 42.1 Å². The van der Waals surface area contributed by atoms with Crippen LogP contribution in [0.4, 0.5) is 0 Å². The number of carbonyl (C=O) groups is 1. The highest BCUT2D eigenvalue weighted by Crippen LogP contribution is 2.18. The Labute approximate surface area is 132 Å². The first-order chi connectivity index (χ1) is 10.7. The normalized spacial score (nSPS) is 11.7. The van der Waals surface area contributed by atoms with Crippen LogP contribution in [0.15, 0.2) is 54.6 Å². The summed E-state index contributed by atoms with van der Waals surface area (Å²) >= 11 is 0. The van der Waals surface area contributed by atoms with E-state index in [-0.39, 0.29) is 5.91 Å². The van der Waals surface area contributed by atoms with Crippen molar-refractivity contribution < 1.29 is 9.53 Å². The average Bonchev–Trinajstić information content (AvgIpc) is 2.57. The number of amides is 1. The standard InChI is InChI=1S/C19H23NO2/c1-3-15(16-8-6-5-7-9-16)14-20-19(21)17-10-12-18(13-11-17)22-4-2/h5-13,15H,3-4,14H2,1-2H3,(H,20,21)/t15-/m1/s1. The Bertz CT molecular complexity index is 578. The van der Waals surface area contributed by atoms with Gasteiger partial charge in [0.05, 0.1) is 6.61 Å². The zero-order chi connectivity index (χ0) is 15.8. The molecule has 1 atom stereocenters. The van der Waals surface area contributed by atoms with Crippen molar-refractivity contribution in [1.82, 2.24) is 5.32 Å². The molecule has 0 aromatic heterocycles. The second-order valence-corrected chi connectivity index (χ2v) is 5.18. The minimum Gasteiger partial charge on any atom is -0.494 e. The highest BCUT2D eigenvalue weighted by Gasteiger charge is 2.11. The largest absolute Gasteiger partial charge is 0.494 e. The number of benzene rings is 2. The van der Waals surface area contributed by atoms with Gasteiger partial charge in [0.1, 0.15) is 5.75 Å². The Hall–Kier alpha value is -2.29. The summed E-state index contributed by atoms with van der Waals surface area (Å²) in [6.07, 6.45) is 0.994. The molecule has 2 rings (SSSR count). The SMILES string of the molecule is CCOc1ccc(C(=O)NC[C@@H](CC)c2ccccc2)cc1. The van der Waals surface area contributed by atoms with Crippen LogP contribution >= 0.6 is 0 Å². The molecule has 0 saturated heterocycles. The molecule has 0 aliphatic rings. The van der Waals surface area contributed by atoms with E-state index >= 15 is 0 Å². The summed E-state index contributed by atoms with van der Waals surface area (Å²) in [6, 6.07) is 17.5. The highest BCUT2D eigenvalue weighted by molar-refractivity contribution is 5.94. The van der Waals surface area contributed by atoms with Crippen molar-refractivity contribution in [3.05, 3.63) is 65.7 Å². The number of ether oxygens (including phenoxy) is 1. The lowest BCUT2D eigenvalue weighted by molar-refractivity contribution is 0.0951. The molecule has 2 aromatic carbocycles. The van der Waals surface area contributed by atoms with Gasteiger partial charge in [-0.3, -0.25) is 4.79 Å². The zero-order valence-corrected chi connectivity index (χ0v) is 13.2. The highest BCUT2D eigenvalue weighted by atomic mass is 16.5. The number of rotatable bonds is 7. The van der Waals surface area contributed by atoms with Crippen LogP contribution in [-0.2, 0) is 0 Å². The zero-order valence-electron chi connectivity index (χ0n) is 13.2. The van der Waals surface area contributed by atoms with Crippen LogP contribution in [-0.4, -0.2) is 19.1 Å². The molecule has 0 aliphatic carbocycles. The van der Waals surface area contributed by atoms with Gasteiger partial charge < -0.3 is 10.1 Å². The maximum absolute atomic E-state index is 12.2. The molecule has 3 heteroatoms. The molecule has 0 aliphatic heterocycles. The molecule has 0 bridgehead atoms. The van der Waals surface area contributed by atoms with Gasteiger partial charge in [0.25, 0.3) is 5.91 Å². The van der Waals surface area contributed by atoms with E-state index in [2.05, 4.69) is 24.4 Å². The molecule has 3 nitrogen and oxygen atoms in total. The van der Waals surface area contributed by atoms with Gasteiger partial charge in [-0.2, -0.15) is 0 Å². The summed E-state index contributed by atoms with van der Waals surface area (Å²) in [5.41, 5.74) is 1.92. The van der Waals surface area contributed by atoms with E-state index in [4.69, 9.17) is 4.74 Å². The van der Waals surface area contributed by atoms with Crippen LogP contribution in [0, 0.1) is 0 Å². The molecule has 0 radical (unpaired) electrons. The third kappa shape index (κ3) is 4.35. The molecule has 0 unspecified atom stereocenters. The van der Waals surface area contributed by atoms with Crippen LogP contribution in [0.3, 0.4) is 0 Å². The van der Waals surface area contributed by atoms with E-state index in [0.29, 0.717) is 24.6 Å². The summed E-state index contributed by atoms with van der Waals surface area (Å²) in [5.74, 6) is 1.08. The average molecular weight is 297 g/mol. The lowest BCUT2D eigenvalue weighted by Gasteiger charge is -2.16. The second kappa shape index (κ2) is 8.23. The monoisotopic (exact) mass is 297 g/mol. The molecule has 0 saturated carbocycles. The lowest BCUT2D eigenvalue weighted by Crippen LogP contribution is -2.28. The van der Waals surface area contributed by atoms with Gasteiger partial charge in [0.15, 0.2) is 0 Å². The first-order valence-corrected chi connectivity index (χ1v) is 7.80. The van der Waals surface area contributed by atoms with E-state index < -0.39 is 0 Å². The van der Waals surface area contributed by atoms with Crippen molar-refractivity contribution in [3.8, 4) is 5.75 Å². The van der Waals surface area contributed by atoms with Crippen molar-refractivity contribution >= 4 is 5.91 Å². The van der Waals surface area contributed by atoms with Gasteiger partial charge in [0.2, 0.25) is 0 Å². The molecule has 2 aromatic rings. The first-order valence-electron chi connectivity index (χ1n) is 7.80. The fourth-order valence-electron chi connectivity index (χ4n) is 2.41. The predicted molar refractivity (Wildman–Crippen MR) is 89.4 cm³/mol. The van der Waals surface area contributed by atoms with E-state index in [9.17, 15) is 4.79 Å². The Balaban J connectivity index is 1.93. The second-order valence-electron chi connectivity index (χ2n) is 5.18. The van der Waals surface area contributed by atoms with Crippen LogP contribution < -0.4 is 10.1 Å². The molecule has 1 N–H and O–H groups in total. The first kappa shape index (κ1) is 16.1. The van der Waals surface area contributed by atoms with Gasteiger partial charge in [-0.15, -0.1) is 0 Å². The number of hydrogen-bond donors (Lipinski definition) is 1. The maximum Gasteiger partial charge on any atom is 0.251 e. The molecule has 22 heavy (non-hydrogen) atoms. The molecule has 1 amide bonds. The van der Waals surface area contributed by atoms with E-state index in [1.807, 2.05) is 37.3 Å². The topological polar surface area (TPSA) is 38.3 Å². The molecule has 0 fully saturated rings. The van der Waals surface area contributed by atoms with Gasteiger partial charge in [0, 0.05) is 18.0 Å². The summed E-state index contributed by atoms with van der Waals surface area (Å²) < 4.78 is 5.38. The molecular formula is C19H23NO2. The summed E-state index contributed by atoms with van der Waals surface area (Å²) in [5, 5.41) is 3.02. The Kier molecular flexibility index (Phi) is 6.01. The van der Waals surface area contributed by atoms with Crippen molar-refractivity contribution in [1.29, 1.82) is 0 Å². The third-order valence-corrected chi connectivity index (χ3v) is 3.70. The van der Waals surface area contributed by atoms with Crippen molar-refractivity contribution in [2.24, 2.45) is 0 Å². The summed E-state index contributed by atoms with van der Waals surface area (Å²) in [6.45, 7) is 5.35. The molecule has 0 heterocycles. The minimum absolute atomic E-state index is 0.0440. The molecular weight excluding hydrogens is 274 g/mol. The van der Waals surface area contributed by atoms with Gasteiger partial charge in [-0.25, -0.2) is 0 Å². The van der Waals surface area contributed by atoms with E-state index in [1.165, 1.54) is 5.56 Å². The Morgan fingerprint density at radius 2 is 1.73 bits per heavy atom. The fourth-order valence-corrected chi connectivity index (χ4v) is 2.41. The minimum atomic E-state index is -0.0440. The van der Waals surface area contributed by atoms with Crippen LogP contribution in [0.2, 0.25) is 0 Å². The smallest absolute Gasteiger partial charge is 0.251 e. The van der Waals surface area contributed by atoms with Gasteiger partial charge >= 0.3 is 0 Å². The van der Waals surface area contributed by atoms with E-state index in [0.717, 1.165) is 12.2 Å². The van der Waals surface area contributed by atoms with Crippen molar-refractivity contribution in [2.45, 2.75) is 26.2 Å². The number of carbonyl (C=O) groups excluding carboxylic acids is 1. The number of hydrogen-bond acceptors (Lipinski definition) is 2. The van der Waals surface area contributed by atoms with E-state index in [1.54, 1.807) is 12.1 Å². The summed E-state index contributed by atoms with van der Waals surface area (Å²) in [4.78, 5) is 12.2. The molecule has 0 spiro atoms. The van der Waals surface area contributed by atoms with Gasteiger partial charge in [-0.05, 0) is 43.2 Å². The summed E-state index contributed by atoms with van der Waals surface area (Å²) in [7, 11) is 0. The Morgan fingerprint density at radius 1 is 1.05 bits per heavy atom.